The van der Waals surface area contributed by atoms with Gasteiger partial charge in [-0.3, -0.25) is 9.59 Å². The summed E-state index contributed by atoms with van der Waals surface area (Å²) in [6.07, 6.45) is 3.18. The maximum absolute atomic E-state index is 13.4. The van der Waals surface area contributed by atoms with Gasteiger partial charge in [-0.05, 0) is 36.1 Å². The first-order valence-corrected chi connectivity index (χ1v) is 9.56. The van der Waals surface area contributed by atoms with Gasteiger partial charge >= 0.3 is 5.97 Å². The van der Waals surface area contributed by atoms with Crippen LogP contribution in [0.4, 0.5) is 0 Å². The molecule has 158 valence electrons. The van der Waals surface area contributed by atoms with E-state index in [1.165, 1.54) is 12.1 Å². The van der Waals surface area contributed by atoms with Crippen molar-refractivity contribution in [2.45, 2.75) is 26.7 Å². The molecule has 6 nitrogen and oxygen atoms in total. The molecule has 0 aliphatic rings. The number of rotatable bonds is 11. The fourth-order valence-electron chi connectivity index (χ4n) is 3.14. The highest BCUT2D eigenvalue weighted by Crippen LogP contribution is 2.37. The Kier molecular flexibility index (Phi) is 7.81. The number of carbonyl (C=O) groups excluding carboxylic acids is 1. The third-order valence-electron chi connectivity index (χ3n) is 4.57. The second-order valence-corrected chi connectivity index (χ2v) is 6.66. The van der Waals surface area contributed by atoms with Gasteiger partial charge in [-0.25, -0.2) is 0 Å². The molecule has 2 N–H and O–H groups in total. The number of ether oxygens (including phenoxy) is 2. The summed E-state index contributed by atoms with van der Waals surface area (Å²) < 4.78 is 11.5. The van der Waals surface area contributed by atoms with Gasteiger partial charge in [0.1, 0.15) is 30.5 Å². The molecule has 0 spiro atoms. The minimum atomic E-state index is -1.08. The van der Waals surface area contributed by atoms with Gasteiger partial charge < -0.3 is 19.7 Å². The SMILES string of the molecule is C=CCOc1cc(OCC=C)c(C(=O)c2ccc(C)c(O)c2)c(CC(=O)O)c1CC. The number of carboxylic acids is 1. The minimum absolute atomic E-state index is 0.0177. The zero-order valence-corrected chi connectivity index (χ0v) is 17.2. The van der Waals surface area contributed by atoms with Crippen LogP contribution in [0.5, 0.6) is 17.2 Å². The first kappa shape index (κ1) is 22.7. The molecule has 0 saturated carbocycles. The zero-order valence-electron chi connectivity index (χ0n) is 17.2. The summed E-state index contributed by atoms with van der Waals surface area (Å²) in [6, 6.07) is 6.19. The highest BCUT2D eigenvalue weighted by Gasteiger charge is 2.26. The van der Waals surface area contributed by atoms with Crippen molar-refractivity contribution in [1.29, 1.82) is 0 Å². The van der Waals surface area contributed by atoms with E-state index >= 15 is 0 Å². The van der Waals surface area contributed by atoms with Crippen molar-refractivity contribution in [3.05, 3.63) is 77.4 Å². The number of aryl methyl sites for hydroxylation is 1. The third kappa shape index (κ3) is 5.08. The van der Waals surface area contributed by atoms with Crippen LogP contribution in [0.25, 0.3) is 0 Å². The van der Waals surface area contributed by atoms with E-state index < -0.39 is 11.8 Å². The molecule has 0 heterocycles. The Morgan fingerprint density at radius 3 is 2.20 bits per heavy atom. The molecule has 0 aliphatic carbocycles. The van der Waals surface area contributed by atoms with Crippen molar-refractivity contribution >= 4 is 11.8 Å². The Morgan fingerprint density at radius 2 is 1.67 bits per heavy atom. The van der Waals surface area contributed by atoms with Crippen LogP contribution >= 0.6 is 0 Å². The summed E-state index contributed by atoms with van der Waals surface area (Å²) in [6.45, 7) is 11.2. The molecular weight excluding hydrogens is 384 g/mol. The van der Waals surface area contributed by atoms with E-state index in [1.54, 1.807) is 31.2 Å². The summed E-state index contributed by atoms with van der Waals surface area (Å²) in [7, 11) is 0. The van der Waals surface area contributed by atoms with Crippen LogP contribution in [0.3, 0.4) is 0 Å². The number of carboxylic acid groups (broad SMARTS) is 1. The predicted molar refractivity (Wildman–Crippen MR) is 115 cm³/mol. The molecule has 0 aromatic heterocycles. The number of ketones is 1. The summed E-state index contributed by atoms with van der Waals surface area (Å²) in [5.41, 5.74) is 1.95. The maximum Gasteiger partial charge on any atom is 0.307 e. The number of carbonyl (C=O) groups is 2. The molecule has 2 rings (SSSR count). The molecular formula is C24H26O6. The second kappa shape index (κ2) is 10.3. The Hall–Kier alpha value is -3.54. The van der Waals surface area contributed by atoms with E-state index in [9.17, 15) is 19.8 Å². The van der Waals surface area contributed by atoms with Crippen LogP contribution in [-0.2, 0) is 17.6 Å². The number of aromatic hydroxyl groups is 1. The average Bonchev–Trinajstić information content (AvgIpc) is 2.71. The first-order chi connectivity index (χ1) is 14.3. The van der Waals surface area contributed by atoms with Crippen LogP contribution in [0, 0.1) is 6.92 Å². The van der Waals surface area contributed by atoms with Crippen LogP contribution in [0.2, 0.25) is 0 Å². The van der Waals surface area contributed by atoms with E-state index in [1.807, 2.05) is 6.92 Å². The molecule has 2 aromatic rings. The standard InChI is InChI=1S/C24H26O6/c1-5-10-29-20-14-21(30-11-6-2)23(18(13-22(26)27)17(20)7-3)24(28)16-9-8-15(4)19(25)12-16/h5-6,8-9,12,14,25H,1-2,7,10-11,13H2,3-4H3,(H,26,27). The molecule has 0 aliphatic heterocycles. The van der Waals surface area contributed by atoms with Crippen LogP contribution in [0.15, 0.2) is 49.6 Å². The highest BCUT2D eigenvalue weighted by atomic mass is 16.5. The number of hydrogen-bond acceptors (Lipinski definition) is 5. The van der Waals surface area contributed by atoms with Crippen molar-refractivity contribution in [3.8, 4) is 17.2 Å². The second-order valence-electron chi connectivity index (χ2n) is 6.66. The molecule has 0 atom stereocenters. The van der Waals surface area contributed by atoms with Gasteiger partial charge in [0.15, 0.2) is 5.78 Å². The molecule has 0 saturated heterocycles. The quantitative estimate of drug-likeness (QED) is 0.425. The molecule has 0 bridgehead atoms. The summed E-state index contributed by atoms with van der Waals surface area (Å²) >= 11 is 0. The number of phenolic OH excluding ortho intramolecular Hbond substituents is 1. The van der Waals surface area contributed by atoms with E-state index in [-0.39, 0.29) is 42.3 Å². The summed E-state index contributed by atoms with van der Waals surface area (Å²) in [5, 5.41) is 19.6. The maximum atomic E-state index is 13.4. The smallest absolute Gasteiger partial charge is 0.307 e. The lowest BCUT2D eigenvalue weighted by atomic mass is 9.89. The molecule has 2 aromatic carbocycles. The fourth-order valence-corrected chi connectivity index (χ4v) is 3.14. The van der Waals surface area contributed by atoms with Gasteiger partial charge in [-0.1, -0.05) is 44.4 Å². The minimum Gasteiger partial charge on any atom is -0.508 e. The van der Waals surface area contributed by atoms with Crippen molar-refractivity contribution in [2.24, 2.45) is 0 Å². The Morgan fingerprint density at radius 1 is 1.03 bits per heavy atom. The van der Waals surface area contributed by atoms with Crippen LogP contribution < -0.4 is 9.47 Å². The number of aliphatic carboxylic acids is 1. The van der Waals surface area contributed by atoms with Gasteiger partial charge in [-0.2, -0.15) is 0 Å². The largest absolute Gasteiger partial charge is 0.508 e. The normalized spacial score (nSPS) is 10.3. The molecule has 0 amide bonds. The lowest BCUT2D eigenvalue weighted by Gasteiger charge is -2.20. The molecule has 0 radical (unpaired) electrons. The van der Waals surface area contributed by atoms with E-state index in [0.717, 1.165) is 0 Å². The van der Waals surface area contributed by atoms with Gasteiger partial charge in [0.2, 0.25) is 0 Å². The lowest BCUT2D eigenvalue weighted by Crippen LogP contribution is -2.16. The number of phenols is 1. The fraction of sp³-hybridized carbons (Fsp3) is 0.250. The summed E-state index contributed by atoms with van der Waals surface area (Å²) in [4.78, 5) is 25.1. The van der Waals surface area contributed by atoms with E-state index in [4.69, 9.17) is 9.47 Å². The molecule has 6 heteroatoms. The molecule has 0 unspecified atom stereocenters. The van der Waals surface area contributed by atoms with Crippen molar-refractivity contribution < 1.29 is 29.3 Å². The van der Waals surface area contributed by atoms with Gasteiger partial charge in [0.25, 0.3) is 0 Å². The topological polar surface area (TPSA) is 93.1 Å². The van der Waals surface area contributed by atoms with Crippen molar-refractivity contribution in [2.75, 3.05) is 13.2 Å². The Balaban J connectivity index is 2.78. The highest BCUT2D eigenvalue weighted by molar-refractivity contribution is 6.12. The van der Waals surface area contributed by atoms with Crippen molar-refractivity contribution in [3.63, 3.8) is 0 Å². The predicted octanol–water partition coefficient (Wildman–Crippen LogP) is 4.25. The zero-order chi connectivity index (χ0) is 22.3. The number of hydrogen-bond donors (Lipinski definition) is 2. The van der Waals surface area contributed by atoms with Gasteiger partial charge in [-0.15, -0.1) is 0 Å². The van der Waals surface area contributed by atoms with Crippen LogP contribution in [0.1, 0.15) is 39.5 Å². The van der Waals surface area contributed by atoms with Gasteiger partial charge in [0, 0.05) is 11.6 Å². The van der Waals surface area contributed by atoms with Crippen molar-refractivity contribution in [1.82, 2.24) is 0 Å². The Bertz CT molecular complexity index is 974. The van der Waals surface area contributed by atoms with Crippen LogP contribution in [-0.4, -0.2) is 35.2 Å². The molecule has 0 fully saturated rings. The van der Waals surface area contributed by atoms with E-state index in [0.29, 0.717) is 28.9 Å². The summed E-state index contributed by atoms with van der Waals surface area (Å²) in [5.74, 6) is -0.897. The number of benzene rings is 2. The average molecular weight is 410 g/mol. The Labute approximate surface area is 176 Å². The third-order valence-corrected chi connectivity index (χ3v) is 4.57. The first-order valence-electron chi connectivity index (χ1n) is 9.56. The monoisotopic (exact) mass is 410 g/mol. The molecule has 30 heavy (non-hydrogen) atoms. The lowest BCUT2D eigenvalue weighted by molar-refractivity contribution is -0.136. The van der Waals surface area contributed by atoms with E-state index in [2.05, 4.69) is 13.2 Å². The van der Waals surface area contributed by atoms with Gasteiger partial charge in [0.05, 0.1) is 12.0 Å².